The van der Waals surface area contributed by atoms with Crippen molar-refractivity contribution in [3.8, 4) is 0 Å². The van der Waals surface area contributed by atoms with Gasteiger partial charge in [-0.3, -0.25) is 0 Å². The molecule has 1 saturated carbocycles. The van der Waals surface area contributed by atoms with Crippen LogP contribution in [0.4, 0.5) is 0 Å². The third kappa shape index (κ3) is 3.58. The lowest BCUT2D eigenvalue weighted by atomic mass is 9.73. The summed E-state index contributed by atoms with van der Waals surface area (Å²) >= 11 is 0. The summed E-state index contributed by atoms with van der Waals surface area (Å²) in [6.45, 7) is 3.27. The fraction of sp³-hybridized carbons (Fsp3) is 1.00. The number of ether oxygens (including phenoxy) is 2. The predicted octanol–water partition coefficient (Wildman–Crippen LogP) is 1.48. The molecule has 2 heterocycles. The molecule has 0 N–H and O–H groups in total. The first kappa shape index (κ1) is 17.6. The van der Waals surface area contributed by atoms with Gasteiger partial charge in [0.1, 0.15) is 0 Å². The SMILES string of the molecule is CN(C)S(=O)(=O)N1CC[C@@H]2OCCC[C@@]2(COCC2CCC2)C1. The quantitative estimate of drug-likeness (QED) is 0.731. The second-order valence-corrected chi connectivity index (χ2v) is 9.69. The van der Waals surface area contributed by atoms with Gasteiger partial charge in [0.25, 0.3) is 10.2 Å². The first-order valence-electron chi connectivity index (χ1n) is 8.81. The third-order valence-electron chi connectivity index (χ3n) is 5.71. The van der Waals surface area contributed by atoms with Crippen LogP contribution in [0.3, 0.4) is 0 Å². The van der Waals surface area contributed by atoms with Crippen molar-refractivity contribution < 1.29 is 17.9 Å². The van der Waals surface area contributed by atoms with Crippen LogP contribution in [0.5, 0.6) is 0 Å². The molecule has 0 aromatic carbocycles. The minimum absolute atomic E-state index is 0.131. The summed E-state index contributed by atoms with van der Waals surface area (Å²) in [6.07, 6.45) is 6.73. The summed E-state index contributed by atoms with van der Waals surface area (Å²) < 4.78 is 40.0. The number of rotatable bonds is 6. The van der Waals surface area contributed by atoms with Gasteiger partial charge in [0.05, 0.1) is 12.7 Å². The van der Waals surface area contributed by atoms with Gasteiger partial charge in [-0.2, -0.15) is 17.0 Å². The topological polar surface area (TPSA) is 59.1 Å². The average molecular weight is 346 g/mol. The Morgan fingerprint density at radius 3 is 2.70 bits per heavy atom. The van der Waals surface area contributed by atoms with E-state index in [1.54, 1.807) is 18.4 Å². The Balaban J connectivity index is 1.68. The second kappa shape index (κ2) is 6.96. The van der Waals surface area contributed by atoms with Crippen molar-refractivity contribution >= 4 is 10.2 Å². The van der Waals surface area contributed by atoms with E-state index in [0.29, 0.717) is 25.6 Å². The van der Waals surface area contributed by atoms with Crippen LogP contribution < -0.4 is 0 Å². The summed E-state index contributed by atoms with van der Waals surface area (Å²) in [7, 11) is -0.176. The zero-order valence-corrected chi connectivity index (χ0v) is 15.2. The van der Waals surface area contributed by atoms with E-state index in [9.17, 15) is 8.42 Å². The molecule has 0 spiro atoms. The maximum atomic E-state index is 12.5. The summed E-state index contributed by atoms with van der Waals surface area (Å²) in [6, 6.07) is 0. The number of fused-ring (bicyclic) bond motifs is 1. The minimum Gasteiger partial charge on any atom is -0.380 e. The molecule has 0 radical (unpaired) electrons. The van der Waals surface area contributed by atoms with Gasteiger partial charge in [-0.1, -0.05) is 6.42 Å². The summed E-state index contributed by atoms with van der Waals surface area (Å²) in [5.41, 5.74) is -0.177. The van der Waals surface area contributed by atoms with E-state index in [2.05, 4.69) is 0 Å². The highest BCUT2D eigenvalue weighted by Crippen LogP contribution is 2.41. The minimum atomic E-state index is -3.37. The molecule has 134 valence electrons. The van der Waals surface area contributed by atoms with Crippen LogP contribution in [0.1, 0.15) is 38.5 Å². The zero-order chi connectivity index (χ0) is 16.5. The van der Waals surface area contributed by atoms with Gasteiger partial charge in [0, 0.05) is 45.8 Å². The van der Waals surface area contributed by atoms with Crippen LogP contribution in [-0.2, 0) is 19.7 Å². The molecule has 7 heteroatoms. The molecule has 3 rings (SSSR count). The van der Waals surface area contributed by atoms with Crippen molar-refractivity contribution in [1.29, 1.82) is 0 Å². The van der Waals surface area contributed by atoms with Crippen molar-refractivity contribution in [3.05, 3.63) is 0 Å². The largest absolute Gasteiger partial charge is 0.380 e. The Morgan fingerprint density at radius 2 is 2.04 bits per heavy atom. The van der Waals surface area contributed by atoms with Gasteiger partial charge in [-0.25, -0.2) is 0 Å². The first-order chi connectivity index (χ1) is 10.9. The van der Waals surface area contributed by atoms with Crippen LogP contribution in [0.15, 0.2) is 0 Å². The Kier molecular flexibility index (Phi) is 5.33. The molecule has 3 fully saturated rings. The molecule has 0 bridgehead atoms. The standard InChI is InChI=1S/C16H30N2O4S/c1-17(2)23(19,20)18-9-7-15-16(12-18,8-4-10-22-15)13-21-11-14-5-3-6-14/h14-15H,3-13H2,1-2H3/t15-,16-/m0/s1. The van der Waals surface area contributed by atoms with E-state index in [0.717, 1.165) is 32.5 Å². The molecular weight excluding hydrogens is 316 g/mol. The van der Waals surface area contributed by atoms with Crippen molar-refractivity contribution in [2.45, 2.75) is 44.6 Å². The number of hydrogen-bond acceptors (Lipinski definition) is 4. The smallest absolute Gasteiger partial charge is 0.281 e. The van der Waals surface area contributed by atoms with Gasteiger partial charge < -0.3 is 9.47 Å². The van der Waals surface area contributed by atoms with Crippen LogP contribution >= 0.6 is 0 Å². The molecule has 1 aliphatic carbocycles. The summed E-state index contributed by atoms with van der Waals surface area (Å²) in [5, 5.41) is 0. The lowest BCUT2D eigenvalue weighted by Crippen LogP contribution is -2.59. The highest BCUT2D eigenvalue weighted by molar-refractivity contribution is 7.86. The Bertz CT molecular complexity index is 506. The zero-order valence-electron chi connectivity index (χ0n) is 14.4. The van der Waals surface area contributed by atoms with Crippen molar-refractivity contribution in [2.24, 2.45) is 11.3 Å². The normalized spacial score (nSPS) is 33.4. The Labute approximate surface area is 140 Å². The van der Waals surface area contributed by atoms with E-state index in [1.165, 1.54) is 23.6 Å². The molecule has 0 aromatic heterocycles. The number of piperidine rings is 1. The monoisotopic (exact) mass is 346 g/mol. The molecule has 0 aromatic rings. The number of hydrogen-bond donors (Lipinski definition) is 0. The summed E-state index contributed by atoms with van der Waals surface area (Å²) in [5.74, 6) is 0.708. The molecule has 6 nitrogen and oxygen atoms in total. The van der Waals surface area contributed by atoms with Gasteiger partial charge >= 0.3 is 0 Å². The van der Waals surface area contributed by atoms with Gasteiger partial charge in [-0.05, 0) is 38.0 Å². The van der Waals surface area contributed by atoms with Crippen LogP contribution in [0.25, 0.3) is 0 Å². The van der Waals surface area contributed by atoms with Crippen LogP contribution in [0.2, 0.25) is 0 Å². The van der Waals surface area contributed by atoms with E-state index < -0.39 is 10.2 Å². The lowest BCUT2D eigenvalue weighted by molar-refractivity contribution is -0.146. The lowest BCUT2D eigenvalue weighted by Gasteiger charge is -2.50. The maximum Gasteiger partial charge on any atom is 0.281 e. The van der Waals surface area contributed by atoms with E-state index in [-0.39, 0.29) is 11.5 Å². The van der Waals surface area contributed by atoms with Crippen LogP contribution in [0, 0.1) is 11.3 Å². The molecule has 2 atom stereocenters. The average Bonchev–Trinajstić information content (AvgIpc) is 2.49. The molecule has 2 aliphatic heterocycles. The Morgan fingerprint density at radius 1 is 1.26 bits per heavy atom. The van der Waals surface area contributed by atoms with E-state index in [1.807, 2.05) is 0 Å². The van der Waals surface area contributed by atoms with Gasteiger partial charge in [-0.15, -0.1) is 0 Å². The number of nitrogens with zero attached hydrogens (tertiary/aromatic N) is 2. The van der Waals surface area contributed by atoms with E-state index in [4.69, 9.17) is 9.47 Å². The van der Waals surface area contributed by atoms with Gasteiger partial charge in [0.15, 0.2) is 0 Å². The third-order valence-corrected chi connectivity index (χ3v) is 7.60. The summed E-state index contributed by atoms with van der Waals surface area (Å²) in [4.78, 5) is 0. The van der Waals surface area contributed by atoms with Crippen molar-refractivity contribution in [3.63, 3.8) is 0 Å². The molecule has 2 saturated heterocycles. The molecule has 3 aliphatic rings. The molecule has 0 amide bonds. The molecule has 0 unspecified atom stereocenters. The highest BCUT2D eigenvalue weighted by atomic mass is 32.2. The van der Waals surface area contributed by atoms with Crippen molar-refractivity contribution in [1.82, 2.24) is 8.61 Å². The van der Waals surface area contributed by atoms with Crippen LogP contribution in [-0.4, -0.2) is 70.1 Å². The van der Waals surface area contributed by atoms with Gasteiger partial charge in [0.2, 0.25) is 0 Å². The fourth-order valence-electron chi connectivity index (χ4n) is 3.98. The maximum absolute atomic E-state index is 12.5. The molecular formula is C16H30N2O4S. The predicted molar refractivity (Wildman–Crippen MR) is 88.4 cm³/mol. The van der Waals surface area contributed by atoms with Crippen molar-refractivity contribution in [2.75, 3.05) is 47.0 Å². The second-order valence-electron chi connectivity index (χ2n) is 7.55. The first-order valence-corrected chi connectivity index (χ1v) is 10.2. The Hall–Kier alpha value is -0.210. The molecule has 23 heavy (non-hydrogen) atoms. The highest BCUT2D eigenvalue weighted by Gasteiger charge is 2.49. The van der Waals surface area contributed by atoms with E-state index >= 15 is 0 Å². The fourth-order valence-corrected chi connectivity index (χ4v) is 5.19.